The van der Waals surface area contributed by atoms with Gasteiger partial charge in [-0.25, -0.2) is 4.39 Å². The summed E-state index contributed by atoms with van der Waals surface area (Å²) < 4.78 is 47.8. The minimum Gasteiger partial charge on any atom is -0.598 e. The maximum atomic E-state index is 14.7. The number of hydrogen-bond acceptors (Lipinski definition) is 6. The highest BCUT2D eigenvalue weighted by atomic mass is 32.2. The lowest BCUT2D eigenvalue weighted by Gasteiger charge is -2.38. The molecule has 3 atom stereocenters. The van der Waals surface area contributed by atoms with Gasteiger partial charge >= 0.3 is 0 Å². The molecule has 7 nitrogen and oxygen atoms in total. The topological polar surface area (TPSA) is 83.1 Å². The fourth-order valence-electron chi connectivity index (χ4n) is 4.36. The highest BCUT2D eigenvalue weighted by molar-refractivity contribution is 7.90. The zero-order valence-corrected chi connectivity index (χ0v) is 22.5. The number of aryl methyl sites for hydroxylation is 1. The van der Waals surface area contributed by atoms with Gasteiger partial charge in [0.25, 0.3) is 5.91 Å². The van der Waals surface area contributed by atoms with Gasteiger partial charge in [0.15, 0.2) is 11.9 Å². The molecule has 2 heterocycles. The van der Waals surface area contributed by atoms with Crippen molar-refractivity contribution >= 4 is 17.3 Å². The SMILES string of the molecule is C=CCOc1cc(C)c(F)cc1[C@@H](N[S+]([O-])C(C)(C)C)C1CCN(C(=O)[C@H]2COC(C)(C)O2)CC1. The molecule has 0 bridgehead atoms. The molecule has 1 amide bonds. The summed E-state index contributed by atoms with van der Waals surface area (Å²) in [6.07, 6.45) is 2.36. The van der Waals surface area contributed by atoms with Crippen LogP contribution in [0.25, 0.3) is 0 Å². The lowest BCUT2D eigenvalue weighted by atomic mass is 9.85. The molecule has 0 aliphatic carbocycles. The minimum absolute atomic E-state index is 0.0238. The predicted octanol–water partition coefficient (Wildman–Crippen LogP) is 4.18. The van der Waals surface area contributed by atoms with Crippen LogP contribution in [-0.4, -0.2) is 58.3 Å². The van der Waals surface area contributed by atoms with Crippen molar-refractivity contribution in [1.29, 1.82) is 0 Å². The Labute approximate surface area is 211 Å². The summed E-state index contributed by atoms with van der Waals surface area (Å²) in [5.74, 6) is -0.608. The van der Waals surface area contributed by atoms with Crippen LogP contribution >= 0.6 is 0 Å². The maximum absolute atomic E-state index is 14.7. The van der Waals surface area contributed by atoms with Gasteiger partial charge in [0.05, 0.1) is 12.6 Å². The van der Waals surface area contributed by atoms with Crippen LogP contribution < -0.4 is 9.46 Å². The van der Waals surface area contributed by atoms with E-state index in [1.54, 1.807) is 37.8 Å². The Kier molecular flexibility index (Phi) is 8.91. The summed E-state index contributed by atoms with van der Waals surface area (Å²) in [6.45, 7) is 16.2. The van der Waals surface area contributed by atoms with E-state index in [0.29, 0.717) is 42.8 Å². The predicted molar refractivity (Wildman–Crippen MR) is 135 cm³/mol. The van der Waals surface area contributed by atoms with Crippen molar-refractivity contribution in [2.75, 3.05) is 26.3 Å². The molecule has 2 saturated heterocycles. The molecular weight excluding hydrogens is 471 g/mol. The number of piperidine rings is 1. The fourth-order valence-corrected chi connectivity index (χ4v) is 5.26. The molecule has 1 aromatic rings. The van der Waals surface area contributed by atoms with Crippen LogP contribution in [0.4, 0.5) is 4.39 Å². The quantitative estimate of drug-likeness (QED) is 0.417. The molecule has 2 fully saturated rings. The van der Waals surface area contributed by atoms with Crippen molar-refractivity contribution in [3.8, 4) is 5.75 Å². The number of carbonyl (C=O) groups excluding carboxylic acids is 1. The molecule has 3 rings (SSSR count). The largest absolute Gasteiger partial charge is 0.598 e. The Morgan fingerprint density at radius 1 is 1.40 bits per heavy atom. The number of hydrogen-bond donors (Lipinski definition) is 1. The summed E-state index contributed by atoms with van der Waals surface area (Å²) in [5.41, 5.74) is 1.11. The Bertz CT molecular complexity index is 912. The fraction of sp³-hybridized carbons (Fsp3) is 0.654. The van der Waals surface area contributed by atoms with E-state index in [2.05, 4.69) is 11.3 Å². The van der Waals surface area contributed by atoms with Gasteiger partial charge < -0.3 is 23.7 Å². The summed E-state index contributed by atoms with van der Waals surface area (Å²) in [4.78, 5) is 14.8. The van der Waals surface area contributed by atoms with Gasteiger partial charge in [0.2, 0.25) is 0 Å². The second-order valence-corrected chi connectivity index (χ2v) is 12.7. The molecule has 2 aliphatic rings. The molecule has 35 heavy (non-hydrogen) atoms. The van der Waals surface area contributed by atoms with Gasteiger partial charge in [-0.3, -0.25) is 4.79 Å². The van der Waals surface area contributed by atoms with Crippen molar-refractivity contribution in [1.82, 2.24) is 9.62 Å². The summed E-state index contributed by atoms with van der Waals surface area (Å²) in [7, 11) is 0. The monoisotopic (exact) mass is 510 g/mol. The van der Waals surface area contributed by atoms with Crippen molar-refractivity contribution in [3.05, 3.63) is 41.7 Å². The molecule has 9 heteroatoms. The average molecular weight is 511 g/mol. The number of rotatable bonds is 8. The van der Waals surface area contributed by atoms with Gasteiger partial charge in [-0.05, 0) is 78.0 Å². The lowest BCUT2D eigenvalue weighted by molar-refractivity contribution is -0.161. The van der Waals surface area contributed by atoms with E-state index in [1.165, 1.54) is 6.07 Å². The van der Waals surface area contributed by atoms with Crippen LogP contribution in [0, 0.1) is 18.7 Å². The van der Waals surface area contributed by atoms with E-state index >= 15 is 0 Å². The lowest BCUT2D eigenvalue weighted by Crippen LogP contribution is -2.48. The highest BCUT2D eigenvalue weighted by Gasteiger charge is 2.41. The van der Waals surface area contributed by atoms with Crippen LogP contribution in [0.1, 0.15) is 64.6 Å². The van der Waals surface area contributed by atoms with Gasteiger partial charge in [-0.1, -0.05) is 12.7 Å². The first-order valence-electron chi connectivity index (χ1n) is 12.1. The molecular formula is C26H39FN2O5S. The maximum Gasteiger partial charge on any atom is 0.254 e. The smallest absolute Gasteiger partial charge is 0.254 e. The number of benzene rings is 1. The highest BCUT2D eigenvalue weighted by Crippen LogP contribution is 2.39. The van der Waals surface area contributed by atoms with Crippen LogP contribution in [0.15, 0.2) is 24.8 Å². The first-order valence-corrected chi connectivity index (χ1v) is 13.3. The number of nitrogens with one attached hydrogen (secondary N) is 1. The summed E-state index contributed by atoms with van der Waals surface area (Å²) in [5, 5.41) is 0. The molecule has 1 unspecified atom stereocenters. The van der Waals surface area contributed by atoms with E-state index in [1.807, 2.05) is 20.8 Å². The van der Waals surface area contributed by atoms with E-state index in [9.17, 15) is 13.7 Å². The summed E-state index contributed by atoms with van der Waals surface area (Å²) >= 11 is -1.39. The van der Waals surface area contributed by atoms with E-state index in [4.69, 9.17) is 14.2 Å². The van der Waals surface area contributed by atoms with Gasteiger partial charge in [0.1, 0.15) is 22.9 Å². The standard InChI is InChI=1S/C26H39FN2O5S/c1-8-13-32-21-14-17(2)20(27)15-19(21)23(28-35(31)25(3,4)5)18-9-11-29(12-10-18)24(30)22-16-33-26(6,7)34-22/h8,14-15,18,22-23,28H,1,9-13,16H2,2-7H3/t22-,23+,35?/m1/s1. The Balaban J connectivity index is 1.82. The average Bonchev–Trinajstić information content (AvgIpc) is 3.16. The third-order valence-corrected chi connectivity index (χ3v) is 7.96. The normalized spacial score (nSPS) is 22.6. The number of likely N-dealkylation sites (tertiary alicyclic amines) is 1. The Hall–Kier alpha value is -1.65. The van der Waals surface area contributed by atoms with Crippen molar-refractivity contribution in [2.24, 2.45) is 5.92 Å². The van der Waals surface area contributed by atoms with Gasteiger partial charge in [-0.15, -0.1) is 4.72 Å². The molecule has 0 aromatic heterocycles. The second-order valence-electron chi connectivity index (χ2n) is 10.7. The van der Waals surface area contributed by atoms with Gasteiger partial charge in [0, 0.05) is 30.0 Å². The van der Waals surface area contributed by atoms with Gasteiger partial charge in [-0.2, -0.15) is 0 Å². The molecule has 1 N–H and O–H groups in total. The first kappa shape index (κ1) is 27.9. The van der Waals surface area contributed by atoms with Crippen LogP contribution in [0.5, 0.6) is 5.75 Å². The molecule has 196 valence electrons. The number of halogens is 1. The molecule has 2 aliphatic heterocycles. The summed E-state index contributed by atoms with van der Waals surface area (Å²) in [6, 6.07) is 2.75. The number of amides is 1. The van der Waals surface area contributed by atoms with Crippen LogP contribution in [0.2, 0.25) is 0 Å². The number of nitrogens with zero attached hydrogens (tertiary/aromatic N) is 1. The van der Waals surface area contributed by atoms with E-state index in [0.717, 1.165) is 0 Å². The Morgan fingerprint density at radius 2 is 2.06 bits per heavy atom. The van der Waals surface area contributed by atoms with Crippen molar-refractivity contribution in [3.63, 3.8) is 0 Å². The Morgan fingerprint density at radius 3 is 2.60 bits per heavy atom. The van der Waals surface area contributed by atoms with Crippen LogP contribution in [-0.2, 0) is 25.6 Å². The molecule has 0 saturated carbocycles. The number of carbonyl (C=O) groups is 1. The third kappa shape index (κ3) is 6.98. The molecule has 1 aromatic carbocycles. The zero-order valence-electron chi connectivity index (χ0n) is 21.7. The molecule has 0 radical (unpaired) electrons. The minimum atomic E-state index is -1.39. The zero-order chi connectivity index (χ0) is 26.0. The number of ether oxygens (including phenoxy) is 3. The van der Waals surface area contributed by atoms with Crippen molar-refractivity contribution < 1.29 is 27.9 Å². The first-order chi connectivity index (χ1) is 16.3. The molecule has 0 spiro atoms. The van der Waals surface area contributed by atoms with Crippen molar-refractivity contribution in [2.45, 2.75) is 77.1 Å². The van der Waals surface area contributed by atoms with E-state index < -0.39 is 34.0 Å². The second kappa shape index (κ2) is 11.2. The van der Waals surface area contributed by atoms with Crippen LogP contribution in [0.3, 0.4) is 0 Å². The third-order valence-electron chi connectivity index (χ3n) is 6.38. The van der Waals surface area contributed by atoms with E-state index in [-0.39, 0.29) is 30.9 Å².